The highest BCUT2D eigenvalue weighted by molar-refractivity contribution is 5.93. The van der Waals surface area contributed by atoms with Crippen molar-refractivity contribution in [3.8, 4) is 0 Å². The Morgan fingerprint density at radius 2 is 1.92 bits per heavy atom. The van der Waals surface area contributed by atoms with Crippen molar-refractivity contribution < 1.29 is 4.79 Å². The predicted molar refractivity (Wildman–Crippen MR) is 107 cm³/mol. The average molecular weight is 351 g/mol. The van der Waals surface area contributed by atoms with Crippen molar-refractivity contribution in [1.29, 1.82) is 0 Å². The molecule has 1 amide bonds. The number of benzene rings is 2. The van der Waals surface area contributed by atoms with Crippen LogP contribution >= 0.6 is 0 Å². The number of nitrogens with one attached hydrogen (secondary N) is 1. The molecule has 0 radical (unpaired) electrons. The second kappa shape index (κ2) is 9.00. The maximum atomic E-state index is 11.6. The average Bonchev–Trinajstić information content (AvgIpc) is 2.68. The number of rotatable bonds is 6. The highest BCUT2D eigenvalue weighted by Gasteiger charge is 2.20. The smallest absolute Gasteiger partial charge is 0.251 e. The van der Waals surface area contributed by atoms with Gasteiger partial charge < -0.3 is 5.32 Å². The van der Waals surface area contributed by atoms with Gasteiger partial charge in [-0.1, -0.05) is 36.4 Å². The number of carbonyl (C=O) groups is 1. The van der Waals surface area contributed by atoms with Crippen molar-refractivity contribution in [3.05, 3.63) is 70.8 Å². The fourth-order valence-corrected chi connectivity index (χ4v) is 3.94. The lowest BCUT2D eigenvalue weighted by Gasteiger charge is -2.33. The highest BCUT2D eigenvalue weighted by Crippen LogP contribution is 2.23. The molecule has 1 heterocycles. The molecule has 3 heteroatoms. The zero-order chi connectivity index (χ0) is 18.4. The zero-order valence-electron chi connectivity index (χ0n) is 16.0. The van der Waals surface area contributed by atoms with Gasteiger partial charge in [0.15, 0.2) is 0 Å². The van der Waals surface area contributed by atoms with Gasteiger partial charge >= 0.3 is 0 Å². The Morgan fingerprint density at radius 1 is 1.15 bits per heavy atom. The van der Waals surface area contributed by atoms with Crippen LogP contribution in [0, 0.1) is 12.8 Å². The van der Waals surface area contributed by atoms with E-state index in [1.165, 1.54) is 55.5 Å². The molecule has 2 aromatic rings. The van der Waals surface area contributed by atoms with Gasteiger partial charge in [0.2, 0.25) is 0 Å². The number of hydrogen-bond acceptors (Lipinski definition) is 2. The van der Waals surface area contributed by atoms with Gasteiger partial charge in [-0.05, 0) is 73.9 Å². The van der Waals surface area contributed by atoms with Crippen LogP contribution in [-0.2, 0) is 13.0 Å². The number of amides is 1. The highest BCUT2D eigenvalue weighted by atomic mass is 16.1. The van der Waals surface area contributed by atoms with Crippen LogP contribution < -0.4 is 5.32 Å². The van der Waals surface area contributed by atoms with Gasteiger partial charge in [0.05, 0.1) is 0 Å². The van der Waals surface area contributed by atoms with E-state index in [1.807, 2.05) is 12.1 Å². The van der Waals surface area contributed by atoms with Crippen molar-refractivity contribution in [1.82, 2.24) is 10.2 Å². The van der Waals surface area contributed by atoms with Crippen LogP contribution in [0.2, 0.25) is 0 Å². The lowest BCUT2D eigenvalue weighted by Crippen LogP contribution is -2.35. The Balaban J connectivity index is 1.52. The van der Waals surface area contributed by atoms with Gasteiger partial charge in [-0.2, -0.15) is 0 Å². The summed E-state index contributed by atoms with van der Waals surface area (Å²) in [4.78, 5) is 14.2. The van der Waals surface area contributed by atoms with E-state index in [0.29, 0.717) is 0 Å². The molecule has 0 spiro atoms. The first-order chi connectivity index (χ1) is 12.7. The lowest BCUT2D eigenvalue weighted by atomic mass is 9.90. The standard InChI is InChI=1S/C23H30N2O/c1-18-6-3-4-8-21(18)12-9-19-7-5-15-25(16-19)17-20-10-13-22(14-11-20)23(26)24-2/h3-4,6,8,10-11,13-14,19H,5,7,9,12,15-17H2,1-2H3,(H,24,26). The fraction of sp³-hybridized carbons (Fsp3) is 0.435. The van der Waals surface area contributed by atoms with E-state index in [1.54, 1.807) is 7.05 Å². The minimum atomic E-state index is -0.0224. The Labute approximate surface area is 157 Å². The minimum absolute atomic E-state index is 0.0224. The Morgan fingerprint density at radius 3 is 2.65 bits per heavy atom. The molecule has 138 valence electrons. The molecule has 1 aliphatic rings. The van der Waals surface area contributed by atoms with Gasteiger partial charge in [0.25, 0.3) is 5.91 Å². The molecule has 1 N–H and O–H groups in total. The van der Waals surface area contributed by atoms with Gasteiger partial charge in [0.1, 0.15) is 0 Å². The summed E-state index contributed by atoms with van der Waals surface area (Å²) in [6, 6.07) is 16.8. The summed E-state index contributed by atoms with van der Waals surface area (Å²) in [5.74, 6) is 0.763. The first-order valence-corrected chi connectivity index (χ1v) is 9.73. The first-order valence-electron chi connectivity index (χ1n) is 9.73. The normalized spacial score (nSPS) is 17.8. The number of carbonyl (C=O) groups excluding carboxylic acids is 1. The summed E-state index contributed by atoms with van der Waals surface area (Å²) in [5.41, 5.74) is 4.92. The van der Waals surface area contributed by atoms with Crippen LogP contribution in [0.5, 0.6) is 0 Å². The van der Waals surface area contributed by atoms with Crippen molar-refractivity contribution in [2.75, 3.05) is 20.1 Å². The molecule has 0 bridgehead atoms. The van der Waals surface area contributed by atoms with Crippen LogP contribution in [0.1, 0.15) is 46.3 Å². The zero-order valence-corrected chi connectivity index (χ0v) is 16.0. The molecule has 26 heavy (non-hydrogen) atoms. The van der Waals surface area contributed by atoms with E-state index in [9.17, 15) is 4.79 Å². The monoisotopic (exact) mass is 350 g/mol. The van der Waals surface area contributed by atoms with Crippen molar-refractivity contribution >= 4 is 5.91 Å². The van der Waals surface area contributed by atoms with E-state index in [-0.39, 0.29) is 5.91 Å². The first kappa shape index (κ1) is 18.7. The Bertz CT molecular complexity index is 723. The summed E-state index contributed by atoms with van der Waals surface area (Å²) < 4.78 is 0. The Hall–Kier alpha value is -2.13. The largest absolute Gasteiger partial charge is 0.355 e. The third-order valence-electron chi connectivity index (χ3n) is 5.54. The molecule has 2 aromatic carbocycles. The van der Waals surface area contributed by atoms with E-state index >= 15 is 0 Å². The third kappa shape index (κ3) is 4.95. The number of piperidine rings is 1. The second-order valence-corrected chi connectivity index (χ2v) is 7.48. The molecular formula is C23H30N2O. The van der Waals surface area contributed by atoms with E-state index in [4.69, 9.17) is 0 Å². The SMILES string of the molecule is CNC(=O)c1ccc(CN2CCCC(CCc3ccccc3C)C2)cc1. The number of aryl methyl sites for hydroxylation is 2. The molecule has 1 fully saturated rings. The Kier molecular flexibility index (Phi) is 6.45. The quantitative estimate of drug-likeness (QED) is 0.847. The number of nitrogens with zero attached hydrogens (tertiary/aromatic N) is 1. The van der Waals surface area contributed by atoms with Crippen LogP contribution in [-0.4, -0.2) is 30.9 Å². The van der Waals surface area contributed by atoms with Crippen LogP contribution in [0.25, 0.3) is 0 Å². The summed E-state index contributed by atoms with van der Waals surface area (Å²) in [6.45, 7) is 5.56. The van der Waals surface area contributed by atoms with Gasteiger partial charge in [-0.25, -0.2) is 0 Å². The molecular weight excluding hydrogens is 320 g/mol. The van der Waals surface area contributed by atoms with E-state index in [0.717, 1.165) is 18.0 Å². The summed E-state index contributed by atoms with van der Waals surface area (Å²) in [7, 11) is 1.67. The van der Waals surface area contributed by atoms with Crippen molar-refractivity contribution in [2.24, 2.45) is 5.92 Å². The summed E-state index contributed by atoms with van der Waals surface area (Å²) >= 11 is 0. The summed E-state index contributed by atoms with van der Waals surface area (Å²) in [5, 5.41) is 2.67. The molecule has 0 aliphatic carbocycles. The minimum Gasteiger partial charge on any atom is -0.355 e. The topological polar surface area (TPSA) is 32.3 Å². The van der Waals surface area contributed by atoms with Gasteiger partial charge in [-0.3, -0.25) is 9.69 Å². The maximum Gasteiger partial charge on any atom is 0.251 e. The molecule has 3 rings (SSSR count). The van der Waals surface area contributed by atoms with E-state index < -0.39 is 0 Å². The predicted octanol–water partition coefficient (Wildman–Crippen LogP) is 4.20. The molecule has 1 atom stereocenters. The van der Waals surface area contributed by atoms with Crippen molar-refractivity contribution in [2.45, 2.75) is 39.2 Å². The van der Waals surface area contributed by atoms with Crippen molar-refractivity contribution in [3.63, 3.8) is 0 Å². The lowest BCUT2D eigenvalue weighted by molar-refractivity contribution is 0.0963. The van der Waals surface area contributed by atoms with Gasteiger partial charge in [-0.15, -0.1) is 0 Å². The molecule has 3 nitrogen and oxygen atoms in total. The molecule has 0 aromatic heterocycles. The fourth-order valence-electron chi connectivity index (χ4n) is 3.94. The molecule has 1 saturated heterocycles. The van der Waals surface area contributed by atoms with E-state index in [2.05, 4.69) is 53.5 Å². The maximum absolute atomic E-state index is 11.6. The van der Waals surface area contributed by atoms with Gasteiger partial charge in [0, 0.05) is 25.7 Å². The number of likely N-dealkylation sites (tertiary alicyclic amines) is 1. The molecule has 1 unspecified atom stereocenters. The second-order valence-electron chi connectivity index (χ2n) is 7.48. The third-order valence-corrected chi connectivity index (χ3v) is 5.54. The molecule has 0 saturated carbocycles. The summed E-state index contributed by atoms with van der Waals surface area (Å²) in [6.07, 6.45) is 5.09. The van der Waals surface area contributed by atoms with Crippen LogP contribution in [0.3, 0.4) is 0 Å². The molecule has 1 aliphatic heterocycles. The van der Waals surface area contributed by atoms with Crippen LogP contribution in [0.4, 0.5) is 0 Å². The number of hydrogen-bond donors (Lipinski definition) is 1. The van der Waals surface area contributed by atoms with Crippen LogP contribution in [0.15, 0.2) is 48.5 Å².